The van der Waals surface area contributed by atoms with Crippen LogP contribution in [0.3, 0.4) is 0 Å². The van der Waals surface area contributed by atoms with E-state index in [0.29, 0.717) is 0 Å². The SMILES string of the molecule is CCCCCC(CC)C(C)C(CC)CC. The van der Waals surface area contributed by atoms with Gasteiger partial charge in [-0.2, -0.15) is 0 Å². The van der Waals surface area contributed by atoms with Crippen molar-refractivity contribution < 1.29 is 0 Å². The molecule has 0 aliphatic heterocycles. The van der Waals surface area contributed by atoms with Gasteiger partial charge in [0.15, 0.2) is 0 Å². The smallest absolute Gasteiger partial charge is 0.0386 e. The van der Waals surface area contributed by atoms with Crippen molar-refractivity contribution in [2.24, 2.45) is 17.8 Å². The molecular weight excluding hydrogens is 180 g/mol. The lowest BCUT2D eigenvalue weighted by atomic mass is 9.77. The summed E-state index contributed by atoms with van der Waals surface area (Å²) in [6.45, 7) is 11.9. The fraction of sp³-hybridized carbons (Fsp3) is 1.00. The molecular formula is C15H32. The quantitative estimate of drug-likeness (QED) is 0.432. The van der Waals surface area contributed by atoms with E-state index in [1.807, 2.05) is 0 Å². The van der Waals surface area contributed by atoms with E-state index in [1.54, 1.807) is 0 Å². The lowest BCUT2D eigenvalue weighted by Gasteiger charge is -2.29. The van der Waals surface area contributed by atoms with Crippen molar-refractivity contribution in [2.75, 3.05) is 0 Å². The van der Waals surface area contributed by atoms with Gasteiger partial charge in [-0.25, -0.2) is 0 Å². The highest BCUT2D eigenvalue weighted by Crippen LogP contribution is 2.31. The molecule has 0 aromatic rings. The van der Waals surface area contributed by atoms with Crippen LogP contribution < -0.4 is 0 Å². The second-order valence-corrected chi connectivity index (χ2v) is 5.10. The zero-order valence-electron chi connectivity index (χ0n) is 11.7. The molecule has 0 aromatic heterocycles. The lowest BCUT2D eigenvalue weighted by Crippen LogP contribution is -2.19. The van der Waals surface area contributed by atoms with Gasteiger partial charge in [0, 0.05) is 0 Å². The lowest BCUT2D eigenvalue weighted by molar-refractivity contribution is 0.213. The van der Waals surface area contributed by atoms with Crippen molar-refractivity contribution in [1.29, 1.82) is 0 Å². The van der Waals surface area contributed by atoms with Crippen molar-refractivity contribution in [3.05, 3.63) is 0 Å². The maximum Gasteiger partial charge on any atom is -0.0386 e. The highest BCUT2D eigenvalue weighted by molar-refractivity contribution is 4.71. The summed E-state index contributed by atoms with van der Waals surface area (Å²) in [6, 6.07) is 0. The molecule has 0 nitrogen and oxygen atoms in total. The van der Waals surface area contributed by atoms with Gasteiger partial charge in [0.1, 0.15) is 0 Å². The van der Waals surface area contributed by atoms with Crippen LogP contribution in [0, 0.1) is 17.8 Å². The first-order chi connectivity index (χ1) is 7.21. The Morgan fingerprint density at radius 2 is 1.27 bits per heavy atom. The van der Waals surface area contributed by atoms with Crippen LogP contribution in [-0.4, -0.2) is 0 Å². The third-order valence-electron chi connectivity index (χ3n) is 4.24. The van der Waals surface area contributed by atoms with E-state index in [1.165, 1.54) is 44.9 Å². The molecule has 0 saturated heterocycles. The topological polar surface area (TPSA) is 0 Å². The van der Waals surface area contributed by atoms with Crippen molar-refractivity contribution >= 4 is 0 Å². The molecule has 0 amide bonds. The average molecular weight is 212 g/mol. The van der Waals surface area contributed by atoms with E-state index < -0.39 is 0 Å². The Hall–Kier alpha value is 0. The van der Waals surface area contributed by atoms with Gasteiger partial charge in [-0.3, -0.25) is 0 Å². The first kappa shape index (κ1) is 15.0. The molecule has 0 spiro atoms. The second-order valence-electron chi connectivity index (χ2n) is 5.10. The van der Waals surface area contributed by atoms with Gasteiger partial charge in [-0.1, -0.05) is 79.6 Å². The summed E-state index contributed by atoms with van der Waals surface area (Å²) in [5.41, 5.74) is 0. The highest BCUT2D eigenvalue weighted by Gasteiger charge is 2.21. The van der Waals surface area contributed by atoms with Crippen molar-refractivity contribution in [3.8, 4) is 0 Å². The second kappa shape index (κ2) is 9.24. The van der Waals surface area contributed by atoms with Crippen molar-refractivity contribution in [2.45, 2.75) is 79.6 Å². The number of rotatable bonds is 9. The zero-order valence-corrected chi connectivity index (χ0v) is 11.7. The maximum absolute atomic E-state index is 2.48. The number of hydrogen-bond acceptors (Lipinski definition) is 0. The van der Waals surface area contributed by atoms with Gasteiger partial charge in [-0.05, 0) is 17.8 Å². The molecule has 0 radical (unpaired) electrons. The molecule has 2 unspecified atom stereocenters. The van der Waals surface area contributed by atoms with Crippen LogP contribution in [-0.2, 0) is 0 Å². The zero-order chi connectivity index (χ0) is 11.7. The van der Waals surface area contributed by atoms with E-state index in [9.17, 15) is 0 Å². The van der Waals surface area contributed by atoms with E-state index in [2.05, 4.69) is 34.6 Å². The average Bonchev–Trinajstić information content (AvgIpc) is 2.26. The van der Waals surface area contributed by atoms with Crippen LogP contribution in [0.2, 0.25) is 0 Å². The predicted octanol–water partition coefficient (Wildman–Crippen LogP) is 5.67. The largest absolute Gasteiger partial charge is 0.0654 e. The van der Waals surface area contributed by atoms with Crippen LogP contribution in [0.4, 0.5) is 0 Å². The molecule has 0 bridgehead atoms. The van der Waals surface area contributed by atoms with Gasteiger partial charge in [0.25, 0.3) is 0 Å². The molecule has 0 N–H and O–H groups in total. The van der Waals surface area contributed by atoms with Gasteiger partial charge >= 0.3 is 0 Å². The third-order valence-corrected chi connectivity index (χ3v) is 4.24. The molecule has 0 heteroatoms. The summed E-state index contributed by atoms with van der Waals surface area (Å²) in [6.07, 6.45) is 9.79. The molecule has 0 fully saturated rings. The van der Waals surface area contributed by atoms with E-state index in [4.69, 9.17) is 0 Å². The summed E-state index contributed by atoms with van der Waals surface area (Å²) < 4.78 is 0. The maximum atomic E-state index is 2.48. The minimum atomic E-state index is 0.932. The Morgan fingerprint density at radius 1 is 0.733 bits per heavy atom. The van der Waals surface area contributed by atoms with Crippen LogP contribution >= 0.6 is 0 Å². The minimum absolute atomic E-state index is 0.932. The van der Waals surface area contributed by atoms with E-state index in [0.717, 1.165) is 17.8 Å². The van der Waals surface area contributed by atoms with Gasteiger partial charge in [0.2, 0.25) is 0 Å². The van der Waals surface area contributed by atoms with Crippen LogP contribution in [0.5, 0.6) is 0 Å². The summed E-state index contributed by atoms with van der Waals surface area (Å²) in [5.74, 6) is 2.86. The molecule has 0 aliphatic rings. The van der Waals surface area contributed by atoms with E-state index in [-0.39, 0.29) is 0 Å². The standard InChI is InChI=1S/C15H32/c1-6-10-11-12-15(9-4)13(5)14(7-2)8-3/h13-15H,6-12H2,1-5H3. The van der Waals surface area contributed by atoms with Crippen LogP contribution in [0.15, 0.2) is 0 Å². The molecule has 2 atom stereocenters. The Bertz CT molecular complexity index is 124. The highest BCUT2D eigenvalue weighted by atomic mass is 14.3. The Kier molecular flexibility index (Phi) is 9.24. The number of unbranched alkanes of at least 4 members (excludes halogenated alkanes) is 2. The van der Waals surface area contributed by atoms with Crippen molar-refractivity contribution in [1.82, 2.24) is 0 Å². The first-order valence-corrected chi connectivity index (χ1v) is 7.21. The van der Waals surface area contributed by atoms with Gasteiger partial charge in [0.05, 0.1) is 0 Å². The summed E-state index contributed by atoms with van der Waals surface area (Å²) in [4.78, 5) is 0. The van der Waals surface area contributed by atoms with Crippen LogP contribution in [0.1, 0.15) is 79.6 Å². The molecule has 92 valence electrons. The summed E-state index contributed by atoms with van der Waals surface area (Å²) in [5, 5.41) is 0. The fourth-order valence-electron chi connectivity index (χ4n) is 2.91. The molecule has 15 heavy (non-hydrogen) atoms. The molecule has 0 aromatic carbocycles. The van der Waals surface area contributed by atoms with Gasteiger partial charge < -0.3 is 0 Å². The Labute approximate surface area is 97.8 Å². The minimum Gasteiger partial charge on any atom is -0.0654 e. The molecule has 0 aliphatic carbocycles. The van der Waals surface area contributed by atoms with Crippen LogP contribution in [0.25, 0.3) is 0 Å². The summed E-state index contributed by atoms with van der Waals surface area (Å²) >= 11 is 0. The van der Waals surface area contributed by atoms with E-state index >= 15 is 0 Å². The fourth-order valence-corrected chi connectivity index (χ4v) is 2.91. The third kappa shape index (κ3) is 5.58. The Balaban J connectivity index is 4.01. The number of hydrogen-bond donors (Lipinski definition) is 0. The first-order valence-electron chi connectivity index (χ1n) is 7.21. The van der Waals surface area contributed by atoms with Crippen molar-refractivity contribution in [3.63, 3.8) is 0 Å². The Morgan fingerprint density at radius 3 is 1.67 bits per heavy atom. The normalized spacial score (nSPS) is 15.6. The summed E-state index contributed by atoms with van der Waals surface area (Å²) in [7, 11) is 0. The van der Waals surface area contributed by atoms with Gasteiger partial charge in [-0.15, -0.1) is 0 Å². The monoisotopic (exact) mass is 212 g/mol. The molecule has 0 heterocycles. The predicted molar refractivity (Wildman–Crippen MR) is 71.2 cm³/mol. The molecule has 0 saturated carbocycles. The molecule has 0 rings (SSSR count).